The van der Waals surface area contributed by atoms with Crippen LogP contribution in [0.15, 0.2) is 11.1 Å². The van der Waals surface area contributed by atoms with E-state index in [0.717, 1.165) is 0 Å². The van der Waals surface area contributed by atoms with Gasteiger partial charge in [0.2, 0.25) is 0 Å². The molecule has 0 saturated heterocycles. The summed E-state index contributed by atoms with van der Waals surface area (Å²) in [5.74, 6) is -0.191. The Balaban J connectivity index is 4.17. The molecular weight excluding hydrogens is 275 g/mol. The Kier molecular flexibility index (Phi) is 7.00. The molecule has 0 aliphatic heterocycles. The zero-order valence-electron chi connectivity index (χ0n) is 11.3. The molecule has 0 amide bonds. The first kappa shape index (κ1) is 17.2. The van der Waals surface area contributed by atoms with E-state index in [1.165, 1.54) is 6.08 Å². The summed E-state index contributed by atoms with van der Waals surface area (Å²) in [7, 11) is -1.72. The van der Waals surface area contributed by atoms with Gasteiger partial charge in [-0.05, 0) is 24.2 Å². The van der Waals surface area contributed by atoms with E-state index < -0.39 is 8.32 Å². The Morgan fingerprint density at radius 1 is 1.35 bits per heavy atom. The van der Waals surface area contributed by atoms with Gasteiger partial charge in [-0.2, -0.15) is 0 Å². The van der Waals surface area contributed by atoms with Gasteiger partial charge in [0.15, 0.2) is 14.1 Å². The van der Waals surface area contributed by atoms with Gasteiger partial charge in [0.25, 0.3) is 0 Å². The summed E-state index contributed by atoms with van der Waals surface area (Å²) in [4.78, 5) is 11.0. The van der Waals surface area contributed by atoms with Crippen LogP contribution in [0.5, 0.6) is 0 Å². The van der Waals surface area contributed by atoms with Crippen molar-refractivity contribution in [2.45, 2.75) is 45.3 Å². The highest BCUT2D eigenvalue weighted by Gasteiger charge is 2.36. The smallest absolute Gasteiger partial charge is 0.191 e. The highest BCUT2D eigenvalue weighted by Crippen LogP contribution is 2.36. The molecule has 0 unspecified atom stereocenters. The van der Waals surface area contributed by atoms with Crippen molar-refractivity contribution >= 4 is 37.3 Å². The molecule has 0 aliphatic rings. The van der Waals surface area contributed by atoms with E-state index in [1.54, 1.807) is 0 Å². The largest absolute Gasteiger partial charge is 0.416 e. The van der Waals surface area contributed by atoms with Gasteiger partial charge in [0, 0.05) is 18.1 Å². The first-order valence-corrected chi connectivity index (χ1v) is 9.51. The number of carbonyl (C=O) groups excluding carboxylic acids is 1. The highest BCUT2D eigenvalue weighted by atomic mass is 35.5. The molecule has 0 bridgehead atoms. The Morgan fingerprint density at radius 3 is 2.29 bits per heavy atom. The fraction of sp³-hybridized carbons (Fsp3) is 0.750. The number of hydrogen-bond acceptors (Lipinski definition) is 2. The summed E-state index contributed by atoms with van der Waals surface area (Å²) in [6.45, 7) is 11.5. The van der Waals surface area contributed by atoms with Gasteiger partial charge in [0.1, 0.15) is 0 Å². The minimum Gasteiger partial charge on any atom is -0.416 e. The second-order valence-electron chi connectivity index (χ2n) is 5.55. The van der Waals surface area contributed by atoms with Crippen molar-refractivity contribution in [1.29, 1.82) is 0 Å². The molecule has 0 radical (unpaired) electrons. The maximum Gasteiger partial charge on any atom is 0.191 e. The third-order valence-corrected chi connectivity index (χ3v) is 8.16. The molecule has 0 aromatic carbocycles. The predicted octanol–water partition coefficient (Wildman–Crippen LogP) is 4.33. The number of alkyl halides is 1. The predicted molar refractivity (Wildman–Crippen MR) is 77.4 cm³/mol. The van der Waals surface area contributed by atoms with Gasteiger partial charge in [-0.15, -0.1) is 11.6 Å². The van der Waals surface area contributed by atoms with Crippen molar-refractivity contribution in [2.24, 2.45) is 0 Å². The monoisotopic (exact) mass is 296 g/mol. The van der Waals surface area contributed by atoms with Crippen LogP contribution in [0, 0.1) is 0 Å². The molecule has 0 fully saturated rings. The number of carbonyl (C=O) groups is 1. The number of halogens is 2. The molecule has 0 N–H and O–H groups in total. The molecular formula is C12H22Cl2O2Si. The van der Waals surface area contributed by atoms with Crippen molar-refractivity contribution in [3.8, 4) is 0 Å². The average Bonchev–Trinajstić information content (AvgIpc) is 2.15. The van der Waals surface area contributed by atoms with E-state index >= 15 is 0 Å². The van der Waals surface area contributed by atoms with Crippen molar-refractivity contribution in [3.05, 3.63) is 11.1 Å². The molecule has 0 rings (SSSR count). The SMILES string of the molecule is CC(C)(C)[Si](C)(C)OCC/C(Cl)=C/C(=O)CCl. The van der Waals surface area contributed by atoms with Crippen LogP contribution in [0.4, 0.5) is 0 Å². The topological polar surface area (TPSA) is 26.3 Å². The van der Waals surface area contributed by atoms with Gasteiger partial charge in [-0.25, -0.2) is 0 Å². The van der Waals surface area contributed by atoms with E-state index in [2.05, 4.69) is 33.9 Å². The van der Waals surface area contributed by atoms with Gasteiger partial charge in [-0.1, -0.05) is 32.4 Å². The van der Waals surface area contributed by atoms with Gasteiger partial charge >= 0.3 is 0 Å². The highest BCUT2D eigenvalue weighted by molar-refractivity contribution is 6.74. The lowest BCUT2D eigenvalue weighted by Gasteiger charge is -2.36. The number of hydrogen-bond donors (Lipinski definition) is 0. The van der Waals surface area contributed by atoms with Crippen molar-refractivity contribution < 1.29 is 9.22 Å². The molecule has 17 heavy (non-hydrogen) atoms. The lowest BCUT2D eigenvalue weighted by Crippen LogP contribution is -2.40. The van der Waals surface area contributed by atoms with Crippen LogP contribution in [-0.4, -0.2) is 26.6 Å². The van der Waals surface area contributed by atoms with Crippen LogP contribution < -0.4 is 0 Å². The summed E-state index contributed by atoms with van der Waals surface area (Å²) < 4.78 is 5.95. The van der Waals surface area contributed by atoms with Crippen molar-refractivity contribution in [2.75, 3.05) is 12.5 Å². The van der Waals surface area contributed by atoms with Gasteiger partial charge in [-0.3, -0.25) is 4.79 Å². The average molecular weight is 297 g/mol. The molecule has 100 valence electrons. The molecule has 0 saturated carbocycles. The second-order valence-corrected chi connectivity index (χ2v) is 11.1. The third-order valence-electron chi connectivity index (χ3n) is 3.06. The zero-order valence-corrected chi connectivity index (χ0v) is 13.8. The van der Waals surface area contributed by atoms with Crippen LogP contribution in [0.1, 0.15) is 27.2 Å². The van der Waals surface area contributed by atoms with Gasteiger partial charge < -0.3 is 4.43 Å². The second kappa shape index (κ2) is 6.93. The van der Waals surface area contributed by atoms with Crippen molar-refractivity contribution in [3.63, 3.8) is 0 Å². The first-order valence-electron chi connectivity index (χ1n) is 5.69. The maximum atomic E-state index is 11.0. The first-order chi connectivity index (χ1) is 7.60. The van der Waals surface area contributed by atoms with Crippen LogP contribution in [0.2, 0.25) is 18.1 Å². The lowest BCUT2D eigenvalue weighted by atomic mass is 10.2. The quantitative estimate of drug-likeness (QED) is 0.414. The molecule has 0 spiro atoms. The minimum absolute atomic E-state index is 0.0285. The molecule has 0 aliphatic carbocycles. The van der Waals surface area contributed by atoms with Crippen LogP contribution in [-0.2, 0) is 9.22 Å². The Labute approximate surface area is 115 Å². The number of rotatable bonds is 6. The van der Waals surface area contributed by atoms with Gasteiger partial charge in [0.05, 0.1) is 5.88 Å². The minimum atomic E-state index is -1.72. The maximum absolute atomic E-state index is 11.0. The third kappa shape index (κ3) is 6.60. The standard InChI is InChI=1S/C12H22Cl2O2Si/c1-12(2,3)17(4,5)16-7-6-10(14)8-11(15)9-13/h8H,6-7,9H2,1-5H3/b10-8-. The molecule has 5 heteroatoms. The fourth-order valence-electron chi connectivity index (χ4n) is 0.906. The van der Waals surface area contributed by atoms with E-state index in [-0.39, 0.29) is 16.7 Å². The molecule has 0 heterocycles. The normalized spacial score (nSPS) is 13.9. The van der Waals surface area contributed by atoms with E-state index in [1.807, 2.05) is 0 Å². The molecule has 2 nitrogen and oxygen atoms in total. The molecule has 0 atom stereocenters. The lowest BCUT2D eigenvalue weighted by molar-refractivity contribution is -0.112. The number of allylic oxidation sites excluding steroid dienone is 1. The summed E-state index contributed by atoms with van der Waals surface area (Å²) in [5.41, 5.74) is 0. The Morgan fingerprint density at radius 2 is 1.88 bits per heavy atom. The van der Waals surface area contributed by atoms with Crippen LogP contribution in [0.25, 0.3) is 0 Å². The fourth-order valence-corrected chi connectivity index (χ4v) is 2.23. The summed E-state index contributed by atoms with van der Waals surface area (Å²) >= 11 is 11.3. The zero-order chi connectivity index (χ0) is 13.7. The summed E-state index contributed by atoms with van der Waals surface area (Å²) in [6, 6.07) is 0. The molecule has 0 aromatic heterocycles. The summed E-state index contributed by atoms with van der Waals surface area (Å²) in [6.07, 6.45) is 1.94. The van der Waals surface area contributed by atoms with Crippen LogP contribution in [0.3, 0.4) is 0 Å². The van der Waals surface area contributed by atoms with E-state index in [0.29, 0.717) is 18.1 Å². The van der Waals surface area contributed by atoms with E-state index in [9.17, 15) is 4.79 Å². The van der Waals surface area contributed by atoms with Crippen LogP contribution >= 0.6 is 23.2 Å². The Bertz CT molecular complexity index is 293. The van der Waals surface area contributed by atoms with Crippen molar-refractivity contribution in [1.82, 2.24) is 0 Å². The van der Waals surface area contributed by atoms with E-state index in [4.69, 9.17) is 27.6 Å². The Hall–Kier alpha value is 0.167. The summed E-state index contributed by atoms with van der Waals surface area (Å²) in [5, 5.41) is 0.698. The molecule has 0 aromatic rings. The number of ketones is 1.